The van der Waals surface area contributed by atoms with E-state index in [-0.39, 0.29) is 17.4 Å². The highest BCUT2D eigenvalue weighted by molar-refractivity contribution is 5.88. The van der Waals surface area contributed by atoms with Crippen molar-refractivity contribution in [3.8, 4) is 0 Å². The number of hydrogen-bond acceptors (Lipinski definition) is 4. The number of primary amides is 1. The lowest BCUT2D eigenvalue weighted by atomic mass is 9.96. The van der Waals surface area contributed by atoms with Gasteiger partial charge < -0.3 is 10.8 Å². The molecule has 0 radical (unpaired) electrons. The van der Waals surface area contributed by atoms with Crippen LogP contribution in [-0.2, 0) is 11.3 Å². The van der Waals surface area contributed by atoms with E-state index in [0.29, 0.717) is 12.2 Å². The third-order valence-electron chi connectivity index (χ3n) is 3.48. The van der Waals surface area contributed by atoms with E-state index in [1.54, 1.807) is 18.3 Å². The van der Waals surface area contributed by atoms with Crippen LogP contribution in [0.2, 0.25) is 0 Å². The summed E-state index contributed by atoms with van der Waals surface area (Å²) in [6, 6.07) is 3.17. The fourth-order valence-electron chi connectivity index (χ4n) is 2.35. The fraction of sp³-hybridized carbons (Fsp3) is 0.462. The number of rotatable bonds is 4. The van der Waals surface area contributed by atoms with Crippen LogP contribution >= 0.6 is 0 Å². The molecule has 0 spiro atoms. The summed E-state index contributed by atoms with van der Waals surface area (Å²) >= 11 is 0. The fourth-order valence-corrected chi connectivity index (χ4v) is 2.35. The molecular weight excluding hydrogens is 246 g/mol. The number of carbonyl (C=O) groups is 2. The largest absolute Gasteiger partial charge is 0.478 e. The Kier molecular flexibility index (Phi) is 4.11. The number of pyridine rings is 1. The number of aromatic carboxylic acids is 1. The number of amides is 1. The molecule has 1 aromatic rings. The van der Waals surface area contributed by atoms with Crippen molar-refractivity contribution in [3.63, 3.8) is 0 Å². The van der Waals surface area contributed by atoms with Crippen molar-refractivity contribution in [2.75, 3.05) is 13.1 Å². The summed E-state index contributed by atoms with van der Waals surface area (Å²) in [7, 11) is 0. The molecule has 0 unspecified atom stereocenters. The molecule has 3 N–H and O–H groups in total. The molecule has 1 saturated heterocycles. The summed E-state index contributed by atoms with van der Waals surface area (Å²) < 4.78 is 0. The zero-order chi connectivity index (χ0) is 13.8. The molecule has 6 heteroatoms. The minimum Gasteiger partial charge on any atom is -0.478 e. The van der Waals surface area contributed by atoms with Crippen molar-refractivity contribution in [1.82, 2.24) is 9.88 Å². The summed E-state index contributed by atoms with van der Waals surface area (Å²) in [4.78, 5) is 28.4. The highest BCUT2D eigenvalue weighted by atomic mass is 16.4. The first-order chi connectivity index (χ1) is 9.08. The molecule has 0 aliphatic carbocycles. The maximum absolute atomic E-state index is 11.1. The maximum Gasteiger partial charge on any atom is 0.337 e. The van der Waals surface area contributed by atoms with Crippen molar-refractivity contribution in [2.45, 2.75) is 19.4 Å². The van der Waals surface area contributed by atoms with Gasteiger partial charge in [0.15, 0.2) is 0 Å². The summed E-state index contributed by atoms with van der Waals surface area (Å²) in [5, 5.41) is 9.09. The Bertz CT molecular complexity index is 482. The van der Waals surface area contributed by atoms with Crippen molar-refractivity contribution in [3.05, 3.63) is 29.6 Å². The second-order valence-electron chi connectivity index (χ2n) is 4.76. The second-order valence-corrected chi connectivity index (χ2v) is 4.76. The molecule has 0 saturated carbocycles. The Morgan fingerprint density at radius 2 is 2.11 bits per heavy atom. The molecule has 102 valence electrons. The summed E-state index contributed by atoms with van der Waals surface area (Å²) in [5.41, 5.74) is 6.08. The van der Waals surface area contributed by atoms with E-state index >= 15 is 0 Å². The number of nitrogens with two attached hydrogens (primary N) is 1. The number of piperidine rings is 1. The van der Waals surface area contributed by atoms with Gasteiger partial charge in [-0.1, -0.05) is 0 Å². The Balaban J connectivity index is 2.00. The Morgan fingerprint density at radius 3 is 2.68 bits per heavy atom. The Hall–Kier alpha value is -1.95. The predicted octanol–water partition coefficient (Wildman–Crippen LogP) is 0.477. The lowest BCUT2D eigenvalue weighted by Crippen LogP contribution is -2.38. The van der Waals surface area contributed by atoms with Gasteiger partial charge in [-0.15, -0.1) is 0 Å². The van der Waals surface area contributed by atoms with Gasteiger partial charge in [0.1, 0.15) is 0 Å². The summed E-state index contributed by atoms with van der Waals surface area (Å²) in [6.07, 6.45) is 3.05. The van der Waals surface area contributed by atoms with Crippen LogP contribution in [0.1, 0.15) is 28.9 Å². The normalized spacial score (nSPS) is 17.3. The van der Waals surface area contributed by atoms with Crippen LogP contribution in [-0.4, -0.2) is 40.0 Å². The van der Waals surface area contributed by atoms with Gasteiger partial charge in [-0.2, -0.15) is 0 Å². The molecule has 1 fully saturated rings. The molecule has 1 amide bonds. The molecule has 2 heterocycles. The topological polar surface area (TPSA) is 96.5 Å². The molecule has 6 nitrogen and oxygen atoms in total. The first-order valence-electron chi connectivity index (χ1n) is 6.27. The van der Waals surface area contributed by atoms with Crippen LogP contribution in [0.5, 0.6) is 0 Å². The first kappa shape index (κ1) is 13.5. The lowest BCUT2D eigenvalue weighted by Gasteiger charge is -2.30. The zero-order valence-corrected chi connectivity index (χ0v) is 10.6. The number of carboxylic acids is 1. The quantitative estimate of drug-likeness (QED) is 0.823. The second kappa shape index (κ2) is 5.79. The minimum atomic E-state index is -0.963. The number of carbonyl (C=O) groups excluding carboxylic acids is 1. The van der Waals surface area contributed by atoms with Crippen molar-refractivity contribution >= 4 is 11.9 Å². The van der Waals surface area contributed by atoms with E-state index < -0.39 is 5.97 Å². The monoisotopic (exact) mass is 263 g/mol. The first-order valence-corrected chi connectivity index (χ1v) is 6.27. The van der Waals surface area contributed by atoms with E-state index in [0.717, 1.165) is 25.9 Å². The maximum atomic E-state index is 11.1. The molecular formula is C13H17N3O3. The van der Waals surface area contributed by atoms with Gasteiger partial charge in [0.05, 0.1) is 11.3 Å². The number of likely N-dealkylation sites (tertiary alicyclic amines) is 1. The zero-order valence-electron chi connectivity index (χ0n) is 10.6. The Morgan fingerprint density at radius 1 is 1.42 bits per heavy atom. The number of aromatic nitrogens is 1. The van der Waals surface area contributed by atoms with E-state index in [2.05, 4.69) is 9.88 Å². The number of carboxylic acid groups (broad SMARTS) is 1. The van der Waals surface area contributed by atoms with Crippen LogP contribution in [0.15, 0.2) is 18.3 Å². The van der Waals surface area contributed by atoms with Gasteiger partial charge in [0.2, 0.25) is 5.91 Å². The molecule has 2 rings (SSSR count). The van der Waals surface area contributed by atoms with Crippen molar-refractivity contribution < 1.29 is 14.7 Å². The summed E-state index contributed by atoms with van der Waals surface area (Å²) in [5.74, 6) is -1.27. The van der Waals surface area contributed by atoms with Crippen molar-refractivity contribution in [2.24, 2.45) is 11.7 Å². The van der Waals surface area contributed by atoms with Gasteiger partial charge in [-0.05, 0) is 38.1 Å². The molecule has 0 aromatic carbocycles. The number of nitrogens with zero attached hydrogens (tertiary/aromatic N) is 2. The van der Waals surface area contributed by atoms with Crippen LogP contribution < -0.4 is 5.73 Å². The third-order valence-corrected chi connectivity index (χ3v) is 3.48. The van der Waals surface area contributed by atoms with E-state index in [9.17, 15) is 9.59 Å². The number of hydrogen-bond donors (Lipinski definition) is 2. The minimum absolute atomic E-state index is 0.0565. The van der Waals surface area contributed by atoms with Gasteiger partial charge in [-0.25, -0.2) is 4.79 Å². The third kappa shape index (κ3) is 3.29. The highest BCUT2D eigenvalue weighted by Gasteiger charge is 2.24. The average Bonchev–Trinajstić information content (AvgIpc) is 2.39. The van der Waals surface area contributed by atoms with E-state index in [1.165, 1.54) is 0 Å². The van der Waals surface area contributed by atoms with Gasteiger partial charge in [-0.3, -0.25) is 14.7 Å². The smallest absolute Gasteiger partial charge is 0.337 e. The van der Waals surface area contributed by atoms with Crippen LogP contribution in [0, 0.1) is 5.92 Å². The van der Waals surface area contributed by atoms with Gasteiger partial charge in [0, 0.05) is 18.7 Å². The molecule has 1 aliphatic rings. The predicted molar refractivity (Wildman–Crippen MR) is 68.4 cm³/mol. The highest BCUT2D eigenvalue weighted by Crippen LogP contribution is 2.19. The SMILES string of the molecule is NC(=O)C1CCN(Cc2ncccc2C(=O)O)CC1. The van der Waals surface area contributed by atoms with Gasteiger partial charge >= 0.3 is 5.97 Å². The average molecular weight is 263 g/mol. The molecule has 1 aromatic heterocycles. The van der Waals surface area contributed by atoms with Crippen LogP contribution in [0.25, 0.3) is 0 Å². The summed E-state index contributed by atoms with van der Waals surface area (Å²) in [6.45, 7) is 1.97. The lowest BCUT2D eigenvalue weighted by molar-refractivity contribution is -0.123. The van der Waals surface area contributed by atoms with Crippen LogP contribution in [0.3, 0.4) is 0 Å². The molecule has 1 aliphatic heterocycles. The molecule has 19 heavy (non-hydrogen) atoms. The van der Waals surface area contributed by atoms with Gasteiger partial charge in [0.25, 0.3) is 0 Å². The molecule has 0 atom stereocenters. The van der Waals surface area contributed by atoms with E-state index in [4.69, 9.17) is 10.8 Å². The Labute approximate surface area is 111 Å². The molecule has 0 bridgehead atoms. The van der Waals surface area contributed by atoms with Crippen LogP contribution in [0.4, 0.5) is 0 Å². The van der Waals surface area contributed by atoms with E-state index in [1.807, 2.05) is 0 Å². The van der Waals surface area contributed by atoms with Crippen molar-refractivity contribution in [1.29, 1.82) is 0 Å². The standard InChI is InChI=1S/C13H17N3O3/c14-12(17)9-3-6-16(7-4-9)8-11-10(13(18)19)2-1-5-15-11/h1-2,5,9H,3-4,6-8H2,(H2,14,17)(H,18,19).